The van der Waals surface area contributed by atoms with E-state index in [9.17, 15) is 13.2 Å². The minimum absolute atomic E-state index is 0.116. The third-order valence-electron chi connectivity index (χ3n) is 2.67. The molecule has 0 aromatic carbocycles. The van der Waals surface area contributed by atoms with Crippen LogP contribution in [-0.2, 0) is 4.74 Å². The average molecular weight is 227 g/mol. The van der Waals surface area contributed by atoms with Crippen LogP contribution in [0.5, 0.6) is 0 Å². The zero-order chi connectivity index (χ0) is 12.1. The summed E-state index contributed by atoms with van der Waals surface area (Å²) in [5, 5.41) is 2.98. The Morgan fingerprint density at radius 1 is 1.20 bits per heavy atom. The second kappa shape index (κ2) is 5.70. The van der Waals surface area contributed by atoms with E-state index in [-0.39, 0.29) is 17.9 Å². The molecule has 2 nitrogen and oxygen atoms in total. The molecule has 1 atom stereocenters. The third-order valence-corrected chi connectivity index (χ3v) is 2.67. The Bertz CT molecular complexity index is 182. The van der Waals surface area contributed by atoms with Crippen molar-refractivity contribution in [1.82, 2.24) is 5.32 Å². The van der Waals surface area contributed by atoms with Crippen molar-refractivity contribution in [1.29, 1.82) is 0 Å². The first-order valence-corrected chi connectivity index (χ1v) is 5.00. The summed E-state index contributed by atoms with van der Waals surface area (Å²) in [4.78, 5) is 0. The predicted molar refractivity (Wildman–Crippen MR) is 53.7 cm³/mol. The second-order valence-corrected chi connectivity index (χ2v) is 4.45. The second-order valence-electron chi connectivity index (χ2n) is 4.45. The molecule has 0 spiro atoms. The SMILES string of the molecule is CNCC(C)(COCC(F)(F)F)C(C)C. The van der Waals surface area contributed by atoms with Crippen molar-refractivity contribution < 1.29 is 17.9 Å². The van der Waals surface area contributed by atoms with E-state index in [0.717, 1.165) is 0 Å². The van der Waals surface area contributed by atoms with Crippen LogP contribution in [0.3, 0.4) is 0 Å². The minimum atomic E-state index is -4.24. The number of hydrogen-bond acceptors (Lipinski definition) is 2. The molecule has 15 heavy (non-hydrogen) atoms. The lowest BCUT2D eigenvalue weighted by molar-refractivity contribution is -0.181. The molecule has 0 bridgehead atoms. The van der Waals surface area contributed by atoms with E-state index >= 15 is 0 Å². The molecule has 0 saturated heterocycles. The lowest BCUT2D eigenvalue weighted by Crippen LogP contribution is -2.39. The van der Waals surface area contributed by atoms with Crippen LogP contribution in [0.2, 0.25) is 0 Å². The summed E-state index contributed by atoms with van der Waals surface area (Å²) in [5.41, 5.74) is -0.264. The molecule has 0 rings (SSSR count). The Balaban J connectivity index is 4.08. The summed E-state index contributed by atoms with van der Waals surface area (Å²) < 4.78 is 40.3. The summed E-state index contributed by atoms with van der Waals surface area (Å²) in [5.74, 6) is 0.262. The molecular formula is C10H20F3NO. The average Bonchev–Trinajstić information content (AvgIpc) is 2.01. The zero-order valence-electron chi connectivity index (χ0n) is 9.74. The van der Waals surface area contributed by atoms with Gasteiger partial charge in [0.15, 0.2) is 0 Å². The molecule has 0 aromatic heterocycles. The van der Waals surface area contributed by atoms with Crippen LogP contribution in [0, 0.1) is 11.3 Å². The van der Waals surface area contributed by atoms with Gasteiger partial charge in [0, 0.05) is 12.0 Å². The van der Waals surface area contributed by atoms with Gasteiger partial charge in [-0.05, 0) is 13.0 Å². The molecule has 0 amide bonds. The fraction of sp³-hybridized carbons (Fsp3) is 1.00. The van der Waals surface area contributed by atoms with E-state index in [4.69, 9.17) is 4.74 Å². The lowest BCUT2D eigenvalue weighted by atomic mass is 9.80. The van der Waals surface area contributed by atoms with Crippen molar-refractivity contribution in [2.24, 2.45) is 11.3 Å². The van der Waals surface area contributed by atoms with E-state index < -0.39 is 12.8 Å². The number of nitrogens with one attached hydrogen (secondary N) is 1. The molecule has 0 fully saturated rings. The molecule has 1 N–H and O–H groups in total. The molecule has 0 heterocycles. The van der Waals surface area contributed by atoms with Gasteiger partial charge in [-0.1, -0.05) is 20.8 Å². The summed E-state index contributed by atoms with van der Waals surface area (Å²) in [6.45, 7) is 5.47. The van der Waals surface area contributed by atoms with E-state index in [1.54, 1.807) is 7.05 Å². The van der Waals surface area contributed by atoms with Crippen molar-refractivity contribution in [3.63, 3.8) is 0 Å². The Morgan fingerprint density at radius 2 is 1.73 bits per heavy atom. The first kappa shape index (κ1) is 14.7. The van der Waals surface area contributed by atoms with Crippen LogP contribution in [0.25, 0.3) is 0 Å². The van der Waals surface area contributed by atoms with Gasteiger partial charge in [-0.2, -0.15) is 13.2 Å². The molecular weight excluding hydrogens is 207 g/mol. The molecule has 0 aliphatic rings. The lowest BCUT2D eigenvalue weighted by Gasteiger charge is -2.33. The standard InChI is InChI=1S/C10H20F3NO/c1-8(2)9(3,5-14-4)6-15-7-10(11,12)13/h8,14H,5-7H2,1-4H3. The van der Waals surface area contributed by atoms with Gasteiger partial charge in [0.1, 0.15) is 6.61 Å². The summed E-state index contributed by atoms with van der Waals surface area (Å²) in [6.07, 6.45) is -4.24. The first-order chi connectivity index (χ1) is 6.71. The Labute approximate surface area is 89.2 Å². The fourth-order valence-electron chi connectivity index (χ4n) is 1.23. The minimum Gasteiger partial charge on any atom is -0.371 e. The van der Waals surface area contributed by atoms with E-state index in [0.29, 0.717) is 6.54 Å². The van der Waals surface area contributed by atoms with Gasteiger partial charge in [0.2, 0.25) is 0 Å². The van der Waals surface area contributed by atoms with Gasteiger partial charge < -0.3 is 10.1 Å². The third kappa shape index (κ3) is 5.99. The van der Waals surface area contributed by atoms with Crippen molar-refractivity contribution in [3.05, 3.63) is 0 Å². The van der Waals surface area contributed by atoms with Crippen LogP contribution in [0.4, 0.5) is 13.2 Å². The maximum Gasteiger partial charge on any atom is 0.411 e. The molecule has 0 radical (unpaired) electrons. The van der Waals surface area contributed by atoms with E-state index in [1.807, 2.05) is 20.8 Å². The predicted octanol–water partition coefficient (Wildman–Crippen LogP) is 2.45. The Morgan fingerprint density at radius 3 is 2.07 bits per heavy atom. The molecule has 5 heteroatoms. The topological polar surface area (TPSA) is 21.3 Å². The Hall–Kier alpha value is -0.290. The van der Waals surface area contributed by atoms with Crippen molar-refractivity contribution >= 4 is 0 Å². The Kier molecular flexibility index (Phi) is 5.59. The van der Waals surface area contributed by atoms with Crippen LogP contribution in [0.1, 0.15) is 20.8 Å². The number of ether oxygens (including phenoxy) is 1. The summed E-state index contributed by atoms with van der Waals surface area (Å²) >= 11 is 0. The van der Waals surface area contributed by atoms with Crippen LogP contribution in [0.15, 0.2) is 0 Å². The molecule has 0 aliphatic heterocycles. The quantitative estimate of drug-likeness (QED) is 0.752. The monoisotopic (exact) mass is 227 g/mol. The van der Waals surface area contributed by atoms with Crippen molar-refractivity contribution in [3.8, 4) is 0 Å². The highest BCUT2D eigenvalue weighted by molar-refractivity contribution is 4.79. The van der Waals surface area contributed by atoms with E-state index in [2.05, 4.69) is 5.32 Å². The van der Waals surface area contributed by atoms with Crippen LogP contribution >= 0.6 is 0 Å². The highest BCUT2D eigenvalue weighted by Crippen LogP contribution is 2.27. The maximum atomic E-state index is 11.9. The molecule has 0 aliphatic carbocycles. The summed E-state index contributed by atoms with van der Waals surface area (Å²) in [7, 11) is 1.78. The highest BCUT2D eigenvalue weighted by atomic mass is 19.4. The van der Waals surface area contributed by atoms with Crippen LogP contribution in [-0.4, -0.2) is 33.0 Å². The fourth-order valence-corrected chi connectivity index (χ4v) is 1.23. The first-order valence-electron chi connectivity index (χ1n) is 5.00. The van der Waals surface area contributed by atoms with Gasteiger partial charge in [-0.15, -0.1) is 0 Å². The number of hydrogen-bond donors (Lipinski definition) is 1. The number of alkyl halides is 3. The van der Waals surface area contributed by atoms with Gasteiger partial charge in [-0.25, -0.2) is 0 Å². The van der Waals surface area contributed by atoms with Crippen molar-refractivity contribution in [2.45, 2.75) is 26.9 Å². The van der Waals surface area contributed by atoms with Crippen LogP contribution < -0.4 is 5.32 Å². The largest absolute Gasteiger partial charge is 0.411 e. The van der Waals surface area contributed by atoms with Gasteiger partial charge in [0.25, 0.3) is 0 Å². The molecule has 1 unspecified atom stereocenters. The number of halogens is 3. The number of rotatable bonds is 6. The normalized spacial score (nSPS) is 16.8. The van der Waals surface area contributed by atoms with E-state index in [1.165, 1.54) is 0 Å². The maximum absolute atomic E-state index is 11.9. The summed E-state index contributed by atoms with van der Waals surface area (Å²) in [6, 6.07) is 0. The van der Waals surface area contributed by atoms with Gasteiger partial charge >= 0.3 is 6.18 Å². The van der Waals surface area contributed by atoms with Gasteiger partial charge in [0.05, 0.1) is 6.61 Å². The van der Waals surface area contributed by atoms with Crippen molar-refractivity contribution in [2.75, 3.05) is 26.8 Å². The zero-order valence-corrected chi connectivity index (χ0v) is 9.74. The highest BCUT2D eigenvalue weighted by Gasteiger charge is 2.32. The smallest absolute Gasteiger partial charge is 0.371 e. The van der Waals surface area contributed by atoms with Gasteiger partial charge in [-0.3, -0.25) is 0 Å². The molecule has 92 valence electrons. The molecule has 0 aromatic rings. The molecule has 0 saturated carbocycles.